The van der Waals surface area contributed by atoms with Crippen LogP contribution in [0.4, 0.5) is 11.5 Å². The third kappa shape index (κ3) is 2.96. The van der Waals surface area contributed by atoms with E-state index in [4.69, 9.17) is 11.6 Å². The summed E-state index contributed by atoms with van der Waals surface area (Å²) in [6, 6.07) is 4.17. The van der Waals surface area contributed by atoms with Crippen molar-refractivity contribution in [1.29, 1.82) is 0 Å². The van der Waals surface area contributed by atoms with Gasteiger partial charge < -0.3 is 10.2 Å². The van der Waals surface area contributed by atoms with Crippen molar-refractivity contribution in [2.75, 3.05) is 18.9 Å². The molecule has 2 aliphatic rings. The first kappa shape index (κ1) is 14.5. The summed E-state index contributed by atoms with van der Waals surface area (Å²) < 4.78 is 0. The Morgan fingerprint density at radius 2 is 2.10 bits per heavy atom. The van der Waals surface area contributed by atoms with Crippen molar-refractivity contribution < 1.29 is 4.92 Å². The summed E-state index contributed by atoms with van der Waals surface area (Å²) in [5.74, 6) is 0.817. The summed E-state index contributed by atoms with van der Waals surface area (Å²) in [6.07, 6.45) is 4.84. The Bertz CT molecular complexity index is 540. The lowest BCUT2D eigenvalue weighted by Crippen LogP contribution is -2.41. The van der Waals surface area contributed by atoms with E-state index in [0.29, 0.717) is 18.0 Å². The number of halogens is 1. The molecule has 0 aliphatic carbocycles. The lowest BCUT2D eigenvalue weighted by atomic mass is 9.91. The third-order valence-corrected chi connectivity index (χ3v) is 5.00. The molecule has 2 bridgehead atoms. The zero-order chi connectivity index (χ0) is 15.0. The molecule has 0 amide bonds. The van der Waals surface area contributed by atoms with Gasteiger partial charge in [-0.25, -0.2) is 4.98 Å². The number of fused-ring (bicyclic) bond motifs is 2. The van der Waals surface area contributed by atoms with Gasteiger partial charge in [-0.1, -0.05) is 11.6 Å². The molecule has 7 heteroatoms. The molecule has 3 rings (SSSR count). The highest BCUT2D eigenvalue weighted by Crippen LogP contribution is 2.37. The van der Waals surface area contributed by atoms with Gasteiger partial charge >= 0.3 is 5.69 Å². The second-order valence-electron chi connectivity index (χ2n) is 6.03. The Labute approximate surface area is 128 Å². The van der Waals surface area contributed by atoms with Crippen LogP contribution in [0.15, 0.2) is 12.1 Å². The van der Waals surface area contributed by atoms with Crippen LogP contribution in [0.25, 0.3) is 0 Å². The minimum absolute atomic E-state index is 0.0182. The first-order valence-corrected chi connectivity index (χ1v) is 7.69. The fourth-order valence-electron chi connectivity index (χ4n) is 3.64. The van der Waals surface area contributed by atoms with E-state index in [0.717, 1.165) is 19.4 Å². The number of hydrogen-bond acceptors (Lipinski definition) is 5. The topological polar surface area (TPSA) is 71.3 Å². The van der Waals surface area contributed by atoms with Crippen molar-refractivity contribution in [2.24, 2.45) is 5.92 Å². The summed E-state index contributed by atoms with van der Waals surface area (Å²) in [4.78, 5) is 17.1. The van der Waals surface area contributed by atoms with Crippen LogP contribution >= 0.6 is 11.6 Å². The summed E-state index contributed by atoms with van der Waals surface area (Å²) in [6.45, 7) is 0.717. The average molecular weight is 311 g/mol. The van der Waals surface area contributed by atoms with E-state index < -0.39 is 4.92 Å². The first-order chi connectivity index (χ1) is 10.0. The molecule has 3 heterocycles. The van der Waals surface area contributed by atoms with Gasteiger partial charge in [-0.2, -0.15) is 0 Å². The maximum absolute atomic E-state index is 11.0. The van der Waals surface area contributed by atoms with E-state index in [9.17, 15) is 10.1 Å². The van der Waals surface area contributed by atoms with Crippen LogP contribution in [0.3, 0.4) is 0 Å². The smallest absolute Gasteiger partial charge is 0.311 e. The summed E-state index contributed by atoms with van der Waals surface area (Å²) in [5.41, 5.74) is -0.0182. The molecule has 0 saturated carbocycles. The van der Waals surface area contributed by atoms with Crippen LogP contribution in [-0.2, 0) is 0 Å². The molecule has 2 fully saturated rings. The van der Waals surface area contributed by atoms with Gasteiger partial charge in [0.15, 0.2) is 0 Å². The van der Waals surface area contributed by atoms with Crippen LogP contribution in [0.1, 0.15) is 25.7 Å². The van der Waals surface area contributed by atoms with Crippen LogP contribution < -0.4 is 5.32 Å². The molecule has 2 atom stereocenters. The second kappa shape index (κ2) is 5.77. The van der Waals surface area contributed by atoms with Gasteiger partial charge in [-0.15, -0.1) is 0 Å². The van der Waals surface area contributed by atoms with Crippen molar-refractivity contribution >= 4 is 23.1 Å². The highest BCUT2D eigenvalue weighted by molar-refractivity contribution is 6.29. The van der Waals surface area contributed by atoms with Gasteiger partial charge in [-0.05, 0) is 44.7 Å². The fourth-order valence-corrected chi connectivity index (χ4v) is 3.78. The van der Waals surface area contributed by atoms with E-state index >= 15 is 0 Å². The molecule has 2 unspecified atom stereocenters. The zero-order valence-corrected chi connectivity index (χ0v) is 12.7. The van der Waals surface area contributed by atoms with Gasteiger partial charge in [0, 0.05) is 24.7 Å². The molecule has 1 aromatic heterocycles. The standard InChI is InChI=1S/C14H19ClN4O2/c1-18-10-2-3-11(18)7-9(6-10)8-16-14-12(19(20)21)4-5-13(15)17-14/h4-5,9-11H,2-3,6-8H2,1H3,(H,16,17). The molecular formula is C14H19ClN4O2. The van der Waals surface area contributed by atoms with E-state index in [1.54, 1.807) is 0 Å². The first-order valence-electron chi connectivity index (χ1n) is 7.31. The average Bonchev–Trinajstić information content (AvgIpc) is 2.67. The number of piperidine rings is 1. The second-order valence-corrected chi connectivity index (χ2v) is 6.41. The number of aromatic nitrogens is 1. The van der Waals surface area contributed by atoms with Gasteiger partial charge in [0.2, 0.25) is 5.82 Å². The van der Waals surface area contributed by atoms with Gasteiger partial charge in [-0.3, -0.25) is 10.1 Å². The maximum Gasteiger partial charge on any atom is 0.311 e. The maximum atomic E-state index is 11.0. The molecule has 0 radical (unpaired) electrons. The largest absolute Gasteiger partial charge is 0.364 e. The quantitative estimate of drug-likeness (QED) is 0.526. The number of nitrogens with zero attached hydrogens (tertiary/aromatic N) is 3. The van der Waals surface area contributed by atoms with Gasteiger partial charge in [0.25, 0.3) is 0 Å². The Hall–Kier alpha value is -1.40. The van der Waals surface area contributed by atoms with E-state index in [1.165, 1.54) is 25.0 Å². The number of nitrogens with one attached hydrogen (secondary N) is 1. The third-order valence-electron chi connectivity index (χ3n) is 4.79. The Morgan fingerprint density at radius 3 is 2.71 bits per heavy atom. The number of rotatable bonds is 4. The lowest BCUT2D eigenvalue weighted by molar-refractivity contribution is -0.384. The molecule has 1 aromatic rings. The molecule has 1 N–H and O–H groups in total. The summed E-state index contributed by atoms with van der Waals surface area (Å²) >= 11 is 5.84. The van der Waals surface area contributed by atoms with Gasteiger partial charge in [0.1, 0.15) is 5.15 Å². The molecule has 2 saturated heterocycles. The number of hydrogen-bond donors (Lipinski definition) is 1. The summed E-state index contributed by atoms with van der Waals surface area (Å²) in [7, 11) is 2.20. The fraction of sp³-hybridized carbons (Fsp3) is 0.643. The molecule has 114 valence electrons. The van der Waals surface area contributed by atoms with E-state index in [-0.39, 0.29) is 16.7 Å². The molecule has 0 aromatic carbocycles. The zero-order valence-electron chi connectivity index (χ0n) is 12.0. The Balaban J connectivity index is 1.66. The van der Waals surface area contributed by atoms with E-state index in [2.05, 4.69) is 22.2 Å². The highest BCUT2D eigenvalue weighted by atomic mass is 35.5. The van der Waals surface area contributed by atoms with Crippen molar-refractivity contribution in [3.63, 3.8) is 0 Å². The van der Waals surface area contributed by atoms with Crippen molar-refractivity contribution in [3.8, 4) is 0 Å². The van der Waals surface area contributed by atoms with Crippen LogP contribution in [0.5, 0.6) is 0 Å². The van der Waals surface area contributed by atoms with Crippen molar-refractivity contribution in [1.82, 2.24) is 9.88 Å². The van der Waals surface area contributed by atoms with Crippen molar-refractivity contribution in [2.45, 2.75) is 37.8 Å². The minimum atomic E-state index is -0.427. The minimum Gasteiger partial charge on any atom is -0.364 e. The molecular weight excluding hydrogens is 292 g/mol. The molecule has 2 aliphatic heterocycles. The highest BCUT2D eigenvalue weighted by Gasteiger charge is 2.38. The van der Waals surface area contributed by atoms with Crippen LogP contribution in [0.2, 0.25) is 5.15 Å². The Kier molecular flexibility index (Phi) is 3.99. The predicted octanol–water partition coefficient (Wildman–Crippen LogP) is 2.93. The normalized spacial score (nSPS) is 28.6. The Morgan fingerprint density at radius 1 is 1.43 bits per heavy atom. The molecule has 6 nitrogen and oxygen atoms in total. The predicted molar refractivity (Wildman–Crippen MR) is 81.7 cm³/mol. The van der Waals surface area contributed by atoms with E-state index in [1.807, 2.05) is 0 Å². The van der Waals surface area contributed by atoms with Crippen LogP contribution in [0, 0.1) is 16.0 Å². The number of pyridine rings is 1. The molecule has 21 heavy (non-hydrogen) atoms. The number of anilines is 1. The monoisotopic (exact) mass is 310 g/mol. The molecule has 0 spiro atoms. The summed E-state index contributed by atoms with van der Waals surface area (Å²) in [5, 5.41) is 14.4. The SMILES string of the molecule is CN1C2CCC1CC(CNc1nc(Cl)ccc1[N+](=O)[O-])C2. The van der Waals surface area contributed by atoms with Crippen LogP contribution in [-0.4, -0.2) is 40.5 Å². The number of nitro groups is 1. The van der Waals surface area contributed by atoms with Gasteiger partial charge in [0.05, 0.1) is 4.92 Å². The van der Waals surface area contributed by atoms with Crippen molar-refractivity contribution in [3.05, 3.63) is 27.4 Å². The lowest BCUT2D eigenvalue weighted by Gasteiger charge is -2.36.